The van der Waals surface area contributed by atoms with Gasteiger partial charge in [0.05, 0.1) is 17.0 Å². The van der Waals surface area contributed by atoms with Crippen molar-refractivity contribution in [2.75, 3.05) is 5.32 Å². The molecule has 0 radical (unpaired) electrons. The zero-order valence-corrected chi connectivity index (χ0v) is 14.4. The largest absolute Gasteiger partial charge is 0.326 e. The van der Waals surface area contributed by atoms with E-state index in [-0.39, 0.29) is 12.3 Å². The average Bonchev–Trinajstić information content (AvgIpc) is 2.55. The van der Waals surface area contributed by atoms with Gasteiger partial charge in [0, 0.05) is 16.4 Å². The second-order valence-corrected chi connectivity index (χ2v) is 5.84. The van der Waals surface area contributed by atoms with E-state index in [1.54, 1.807) is 55.5 Å². The van der Waals surface area contributed by atoms with E-state index in [2.05, 4.69) is 15.8 Å². The van der Waals surface area contributed by atoms with Crippen LogP contribution in [0, 0.1) is 0 Å². The molecule has 2 aromatic rings. The number of nitrogens with one attached hydrogen (secondary N) is 2. The van der Waals surface area contributed by atoms with Gasteiger partial charge in [0.1, 0.15) is 0 Å². The van der Waals surface area contributed by atoms with Crippen molar-refractivity contribution in [1.29, 1.82) is 0 Å². The molecule has 2 amide bonds. The maximum atomic E-state index is 12.0. The molecule has 0 aliphatic carbocycles. The van der Waals surface area contributed by atoms with Crippen LogP contribution in [0.3, 0.4) is 0 Å². The summed E-state index contributed by atoms with van der Waals surface area (Å²) in [5.41, 5.74) is 3.80. The van der Waals surface area contributed by atoms with E-state index in [9.17, 15) is 9.59 Å². The Bertz CT molecular complexity index is 774. The van der Waals surface area contributed by atoms with Crippen LogP contribution in [0.4, 0.5) is 5.69 Å². The third kappa shape index (κ3) is 5.37. The van der Waals surface area contributed by atoms with Crippen LogP contribution in [0.5, 0.6) is 0 Å². The van der Waals surface area contributed by atoms with Gasteiger partial charge in [0.25, 0.3) is 5.91 Å². The maximum absolute atomic E-state index is 12.0. The maximum Gasteiger partial charge on any atom is 0.272 e. The highest BCUT2D eigenvalue weighted by Gasteiger charge is 2.09. The Balaban J connectivity index is 1.89. The highest BCUT2D eigenvalue weighted by atomic mass is 35.5. The Kier molecular flexibility index (Phi) is 6.35. The fourth-order valence-electron chi connectivity index (χ4n) is 1.86. The molecule has 0 heterocycles. The van der Waals surface area contributed by atoms with Crippen LogP contribution in [0.1, 0.15) is 23.7 Å². The first-order chi connectivity index (χ1) is 11.5. The quantitative estimate of drug-likeness (QED) is 0.619. The number of hydrogen-bond donors (Lipinski definition) is 2. The second kappa shape index (κ2) is 8.47. The lowest BCUT2D eigenvalue weighted by Crippen LogP contribution is -2.21. The Morgan fingerprint density at radius 1 is 1.04 bits per heavy atom. The smallest absolute Gasteiger partial charge is 0.272 e. The van der Waals surface area contributed by atoms with Gasteiger partial charge in [-0.3, -0.25) is 9.59 Å². The topological polar surface area (TPSA) is 70.6 Å². The summed E-state index contributed by atoms with van der Waals surface area (Å²) >= 11 is 11.7. The minimum atomic E-state index is -0.432. The summed E-state index contributed by atoms with van der Waals surface area (Å²) in [6.45, 7) is 1.65. The lowest BCUT2D eigenvalue weighted by Gasteiger charge is -2.06. The van der Waals surface area contributed by atoms with E-state index in [0.29, 0.717) is 27.0 Å². The zero-order chi connectivity index (χ0) is 17.5. The third-order valence-corrected chi connectivity index (χ3v) is 3.59. The van der Waals surface area contributed by atoms with Gasteiger partial charge < -0.3 is 5.32 Å². The van der Waals surface area contributed by atoms with Crippen molar-refractivity contribution in [3.05, 3.63) is 64.1 Å². The van der Waals surface area contributed by atoms with Crippen molar-refractivity contribution in [3.8, 4) is 0 Å². The van der Waals surface area contributed by atoms with Crippen molar-refractivity contribution in [1.82, 2.24) is 5.43 Å². The standard InChI is InChI=1S/C17H15Cl2N3O2/c1-11(10-16(23)20-13-8-6-12(18)7-9-13)21-22-17(24)14-4-2-3-5-15(14)19/h2-9H,10H2,1H3,(H,20,23)(H,22,24)/b21-11+. The van der Waals surface area contributed by atoms with Crippen LogP contribution >= 0.6 is 23.2 Å². The molecule has 0 atom stereocenters. The van der Waals surface area contributed by atoms with Gasteiger partial charge >= 0.3 is 0 Å². The fraction of sp³-hybridized carbons (Fsp3) is 0.118. The van der Waals surface area contributed by atoms with E-state index in [4.69, 9.17) is 23.2 Å². The third-order valence-electron chi connectivity index (χ3n) is 3.01. The number of rotatable bonds is 5. The van der Waals surface area contributed by atoms with Crippen LogP contribution in [0.2, 0.25) is 10.0 Å². The molecule has 24 heavy (non-hydrogen) atoms. The number of amides is 2. The number of halogens is 2. The molecule has 0 bridgehead atoms. The predicted molar refractivity (Wildman–Crippen MR) is 96.7 cm³/mol. The van der Waals surface area contributed by atoms with E-state index < -0.39 is 5.91 Å². The number of benzene rings is 2. The highest BCUT2D eigenvalue weighted by Crippen LogP contribution is 2.15. The van der Waals surface area contributed by atoms with Crippen LogP contribution in [-0.4, -0.2) is 17.5 Å². The SMILES string of the molecule is C/C(CC(=O)Nc1ccc(Cl)cc1)=N\NC(=O)c1ccccc1Cl. The summed E-state index contributed by atoms with van der Waals surface area (Å²) in [7, 11) is 0. The van der Waals surface area contributed by atoms with E-state index in [1.165, 1.54) is 0 Å². The fourth-order valence-corrected chi connectivity index (χ4v) is 2.21. The molecule has 0 aliphatic rings. The first-order valence-corrected chi connectivity index (χ1v) is 7.85. The minimum absolute atomic E-state index is 0.0471. The first kappa shape index (κ1) is 18.0. The predicted octanol–water partition coefficient (Wildman–Crippen LogP) is 4.13. The first-order valence-electron chi connectivity index (χ1n) is 7.09. The molecule has 7 heteroatoms. The molecule has 2 N–H and O–H groups in total. The molecule has 0 aliphatic heterocycles. The molecule has 2 rings (SSSR count). The van der Waals surface area contributed by atoms with E-state index in [1.807, 2.05) is 0 Å². The number of carbonyl (C=O) groups is 2. The lowest BCUT2D eigenvalue weighted by atomic mass is 10.2. The van der Waals surface area contributed by atoms with E-state index in [0.717, 1.165) is 0 Å². The number of anilines is 1. The summed E-state index contributed by atoms with van der Waals surface area (Å²) in [6, 6.07) is 13.4. The van der Waals surface area contributed by atoms with Gasteiger partial charge in [-0.25, -0.2) is 5.43 Å². The number of hydrazone groups is 1. The minimum Gasteiger partial charge on any atom is -0.326 e. The highest BCUT2D eigenvalue weighted by molar-refractivity contribution is 6.33. The lowest BCUT2D eigenvalue weighted by molar-refractivity contribution is -0.115. The number of hydrogen-bond acceptors (Lipinski definition) is 3. The van der Waals surface area contributed by atoms with Crippen LogP contribution in [0.25, 0.3) is 0 Å². The van der Waals surface area contributed by atoms with E-state index >= 15 is 0 Å². The van der Waals surface area contributed by atoms with Crippen molar-refractivity contribution in [3.63, 3.8) is 0 Å². The number of nitrogens with zero attached hydrogens (tertiary/aromatic N) is 1. The average molecular weight is 364 g/mol. The Morgan fingerprint density at radius 2 is 1.71 bits per heavy atom. The molecule has 2 aromatic carbocycles. The molecule has 0 aromatic heterocycles. The molecule has 124 valence electrons. The molecular formula is C17H15Cl2N3O2. The summed E-state index contributed by atoms with van der Waals surface area (Å²) < 4.78 is 0. The Hall–Kier alpha value is -2.37. The molecule has 0 saturated heterocycles. The van der Waals surface area contributed by atoms with Gasteiger partial charge in [0.2, 0.25) is 5.91 Å². The molecule has 0 spiro atoms. The number of carbonyl (C=O) groups excluding carboxylic acids is 2. The van der Waals surface area contributed by atoms with Crippen LogP contribution in [-0.2, 0) is 4.79 Å². The summed E-state index contributed by atoms with van der Waals surface area (Å²) in [6.07, 6.45) is 0.0471. The summed E-state index contributed by atoms with van der Waals surface area (Å²) in [4.78, 5) is 23.9. The molecule has 0 saturated carbocycles. The molecule has 5 nitrogen and oxygen atoms in total. The summed E-state index contributed by atoms with van der Waals surface area (Å²) in [5.74, 6) is -0.677. The van der Waals surface area contributed by atoms with Gasteiger partial charge in [0.15, 0.2) is 0 Å². The molecule has 0 fully saturated rings. The Labute approximate surface area is 149 Å². The molecular weight excluding hydrogens is 349 g/mol. The summed E-state index contributed by atoms with van der Waals surface area (Å²) in [5, 5.41) is 7.56. The van der Waals surface area contributed by atoms with Gasteiger partial charge in [-0.15, -0.1) is 0 Å². The van der Waals surface area contributed by atoms with Crippen molar-refractivity contribution >= 4 is 46.4 Å². The zero-order valence-electron chi connectivity index (χ0n) is 12.8. The van der Waals surface area contributed by atoms with Gasteiger partial charge in [-0.05, 0) is 43.3 Å². The van der Waals surface area contributed by atoms with Crippen molar-refractivity contribution < 1.29 is 9.59 Å². The monoisotopic (exact) mass is 363 g/mol. The molecule has 0 unspecified atom stereocenters. The van der Waals surface area contributed by atoms with Gasteiger partial charge in [-0.1, -0.05) is 35.3 Å². The van der Waals surface area contributed by atoms with Crippen LogP contribution < -0.4 is 10.7 Å². The van der Waals surface area contributed by atoms with Crippen LogP contribution in [0.15, 0.2) is 53.6 Å². The Morgan fingerprint density at radius 3 is 2.38 bits per heavy atom. The van der Waals surface area contributed by atoms with Crippen molar-refractivity contribution in [2.45, 2.75) is 13.3 Å². The normalized spacial score (nSPS) is 11.0. The van der Waals surface area contributed by atoms with Gasteiger partial charge in [-0.2, -0.15) is 5.10 Å². The van der Waals surface area contributed by atoms with Crippen molar-refractivity contribution in [2.24, 2.45) is 5.10 Å². The second-order valence-electron chi connectivity index (χ2n) is 5.00.